The molecule has 0 spiro atoms. The van der Waals surface area contributed by atoms with E-state index < -0.39 is 10.0 Å². The summed E-state index contributed by atoms with van der Waals surface area (Å²) in [6.07, 6.45) is 6.89. The summed E-state index contributed by atoms with van der Waals surface area (Å²) in [7, 11) is -3.64. The SMILES string of the molecule is CCCCN(CCCC)S(=O)(=O)c1ccc(C(=O)N(Cc2cccnc2)c2nc3c(C)cccc3s2)cc1. The molecule has 0 fully saturated rings. The summed E-state index contributed by atoms with van der Waals surface area (Å²) in [5.41, 5.74) is 3.19. The van der Waals surface area contributed by atoms with Crippen molar-refractivity contribution in [2.24, 2.45) is 0 Å². The van der Waals surface area contributed by atoms with Gasteiger partial charge < -0.3 is 0 Å². The third kappa shape index (κ3) is 6.28. The van der Waals surface area contributed by atoms with Gasteiger partial charge in [-0.25, -0.2) is 13.4 Å². The fraction of sp³-hybridized carbons (Fsp3) is 0.345. The normalized spacial score (nSPS) is 11.8. The molecule has 0 atom stereocenters. The average Bonchev–Trinajstić information content (AvgIpc) is 3.37. The Bertz CT molecular complexity index is 1460. The van der Waals surface area contributed by atoms with E-state index in [1.54, 1.807) is 33.7 Å². The van der Waals surface area contributed by atoms with Gasteiger partial charge in [0.05, 0.1) is 21.7 Å². The fourth-order valence-electron chi connectivity index (χ4n) is 4.19. The first-order chi connectivity index (χ1) is 18.3. The molecule has 2 heterocycles. The molecule has 0 aliphatic carbocycles. The van der Waals surface area contributed by atoms with E-state index in [1.807, 2.05) is 37.3 Å². The lowest BCUT2D eigenvalue weighted by Crippen LogP contribution is -2.33. The van der Waals surface area contributed by atoms with E-state index in [0.717, 1.165) is 47.0 Å². The smallest absolute Gasteiger partial charge is 0.260 e. The summed E-state index contributed by atoms with van der Waals surface area (Å²) in [5, 5.41) is 0.588. The molecule has 0 saturated heterocycles. The van der Waals surface area contributed by atoms with E-state index >= 15 is 0 Å². The molecule has 0 radical (unpaired) electrons. The lowest BCUT2D eigenvalue weighted by Gasteiger charge is -2.22. The minimum absolute atomic E-state index is 0.204. The average molecular weight is 551 g/mol. The van der Waals surface area contributed by atoms with Crippen molar-refractivity contribution in [1.82, 2.24) is 14.3 Å². The minimum Gasteiger partial charge on any atom is -0.279 e. The molecule has 0 unspecified atom stereocenters. The third-order valence-corrected chi connectivity index (χ3v) is 9.37. The molecule has 2 aromatic carbocycles. The molecular formula is C29H34N4O3S2. The van der Waals surface area contributed by atoms with Crippen LogP contribution in [0.3, 0.4) is 0 Å². The van der Waals surface area contributed by atoms with Gasteiger partial charge in [0.1, 0.15) is 0 Å². The van der Waals surface area contributed by atoms with Gasteiger partial charge in [0.25, 0.3) is 5.91 Å². The van der Waals surface area contributed by atoms with Crippen LogP contribution in [-0.4, -0.2) is 41.7 Å². The number of thiazole rings is 1. The van der Waals surface area contributed by atoms with Crippen LogP contribution in [0.1, 0.15) is 61.0 Å². The molecule has 7 nitrogen and oxygen atoms in total. The number of unbranched alkanes of at least 4 members (excludes halogenated alkanes) is 2. The Kier molecular flexibility index (Phi) is 9.25. The van der Waals surface area contributed by atoms with Gasteiger partial charge in [-0.15, -0.1) is 0 Å². The Balaban J connectivity index is 1.65. The van der Waals surface area contributed by atoms with Crippen molar-refractivity contribution < 1.29 is 13.2 Å². The van der Waals surface area contributed by atoms with Gasteiger partial charge in [-0.2, -0.15) is 4.31 Å². The van der Waals surface area contributed by atoms with Gasteiger partial charge in [-0.3, -0.25) is 14.7 Å². The van der Waals surface area contributed by atoms with Gasteiger partial charge in [0, 0.05) is 31.0 Å². The van der Waals surface area contributed by atoms with Crippen molar-refractivity contribution in [3.8, 4) is 0 Å². The third-order valence-electron chi connectivity index (χ3n) is 6.41. The monoisotopic (exact) mass is 550 g/mol. The van der Waals surface area contributed by atoms with Crippen LogP contribution in [-0.2, 0) is 16.6 Å². The number of fused-ring (bicyclic) bond motifs is 1. The molecular weight excluding hydrogens is 516 g/mol. The summed E-state index contributed by atoms with van der Waals surface area (Å²) in [4.78, 5) is 24.6. The van der Waals surface area contributed by atoms with E-state index in [2.05, 4.69) is 18.8 Å². The topological polar surface area (TPSA) is 83.5 Å². The molecule has 0 aliphatic rings. The van der Waals surface area contributed by atoms with Gasteiger partial charge >= 0.3 is 0 Å². The summed E-state index contributed by atoms with van der Waals surface area (Å²) in [6.45, 7) is 7.39. The summed E-state index contributed by atoms with van der Waals surface area (Å²) in [6, 6.07) is 16.0. The summed E-state index contributed by atoms with van der Waals surface area (Å²) in [5.74, 6) is -0.247. The second kappa shape index (κ2) is 12.6. The molecule has 0 saturated carbocycles. The number of carbonyl (C=O) groups excluding carboxylic acids is 1. The first-order valence-corrected chi connectivity index (χ1v) is 15.3. The highest BCUT2D eigenvalue weighted by molar-refractivity contribution is 7.89. The number of nitrogens with zero attached hydrogens (tertiary/aromatic N) is 4. The molecule has 0 N–H and O–H groups in total. The number of hydrogen-bond donors (Lipinski definition) is 0. The van der Waals surface area contributed by atoms with Crippen molar-refractivity contribution in [1.29, 1.82) is 0 Å². The first-order valence-electron chi connectivity index (χ1n) is 13.0. The molecule has 0 bridgehead atoms. The highest BCUT2D eigenvalue weighted by atomic mass is 32.2. The zero-order valence-electron chi connectivity index (χ0n) is 22.1. The maximum Gasteiger partial charge on any atom is 0.260 e. The van der Waals surface area contributed by atoms with E-state index in [9.17, 15) is 13.2 Å². The Morgan fingerprint density at radius 3 is 2.26 bits per heavy atom. The van der Waals surface area contributed by atoms with E-state index in [4.69, 9.17) is 4.98 Å². The number of pyridine rings is 1. The zero-order valence-corrected chi connectivity index (χ0v) is 23.8. The molecule has 4 aromatic rings. The Hall–Kier alpha value is -3.14. The van der Waals surface area contributed by atoms with Gasteiger partial charge in [0.15, 0.2) is 5.13 Å². The molecule has 2 aromatic heterocycles. The lowest BCUT2D eigenvalue weighted by atomic mass is 10.2. The summed E-state index contributed by atoms with van der Waals surface area (Å²) >= 11 is 1.46. The lowest BCUT2D eigenvalue weighted by molar-refractivity contribution is 0.0985. The van der Waals surface area contributed by atoms with E-state index in [1.165, 1.54) is 23.5 Å². The van der Waals surface area contributed by atoms with Crippen molar-refractivity contribution >= 4 is 42.6 Å². The van der Waals surface area contributed by atoms with Crippen LogP contribution in [0.2, 0.25) is 0 Å². The number of hydrogen-bond acceptors (Lipinski definition) is 6. The van der Waals surface area contributed by atoms with E-state index in [0.29, 0.717) is 30.3 Å². The molecule has 9 heteroatoms. The minimum atomic E-state index is -3.64. The fourth-order valence-corrected chi connectivity index (χ4v) is 6.74. The van der Waals surface area contributed by atoms with Crippen molar-refractivity contribution in [2.75, 3.05) is 18.0 Å². The number of aryl methyl sites for hydroxylation is 1. The highest BCUT2D eigenvalue weighted by Gasteiger charge is 2.26. The van der Waals surface area contributed by atoms with E-state index in [-0.39, 0.29) is 10.8 Å². The van der Waals surface area contributed by atoms with Crippen molar-refractivity contribution in [3.63, 3.8) is 0 Å². The molecule has 38 heavy (non-hydrogen) atoms. The van der Waals surface area contributed by atoms with Crippen molar-refractivity contribution in [3.05, 3.63) is 83.7 Å². The number of para-hydroxylation sites is 1. The molecule has 1 amide bonds. The quantitative estimate of drug-likeness (QED) is 0.203. The number of anilines is 1. The van der Waals surface area contributed by atoms with Crippen LogP contribution < -0.4 is 4.90 Å². The zero-order chi connectivity index (χ0) is 27.1. The predicted molar refractivity (Wildman–Crippen MR) is 154 cm³/mol. The van der Waals surface area contributed by atoms with Crippen LogP contribution in [0.15, 0.2) is 71.9 Å². The number of aromatic nitrogens is 2. The predicted octanol–water partition coefficient (Wildman–Crippen LogP) is 6.44. The van der Waals surface area contributed by atoms with Gasteiger partial charge in [-0.05, 0) is 67.3 Å². The van der Waals surface area contributed by atoms with Crippen LogP contribution in [0, 0.1) is 6.92 Å². The van der Waals surface area contributed by atoms with Crippen LogP contribution in [0.4, 0.5) is 5.13 Å². The number of carbonyl (C=O) groups is 1. The Morgan fingerprint density at radius 1 is 0.947 bits per heavy atom. The second-order valence-corrected chi connectivity index (χ2v) is 12.3. The number of rotatable bonds is 12. The maximum atomic E-state index is 13.8. The second-order valence-electron chi connectivity index (χ2n) is 9.31. The van der Waals surface area contributed by atoms with Crippen LogP contribution in [0.25, 0.3) is 10.2 Å². The van der Waals surface area contributed by atoms with Gasteiger partial charge in [0.2, 0.25) is 10.0 Å². The largest absolute Gasteiger partial charge is 0.279 e. The van der Waals surface area contributed by atoms with Crippen LogP contribution in [0.5, 0.6) is 0 Å². The summed E-state index contributed by atoms with van der Waals surface area (Å²) < 4.78 is 29.3. The Morgan fingerprint density at radius 2 is 1.66 bits per heavy atom. The number of benzene rings is 2. The maximum absolute atomic E-state index is 13.8. The number of sulfonamides is 1. The van der Waals surface area contributed by atoms with Crippen molar-refractivity contribution in [2.45, 2.75) is 57.9 Å². The Labute approximate surface area is 229 Å². The van der Waals surface area contributed by atoms with Gasteiger partial charge in [-0.1, -0.05) is 56.2 Å². The highest BCUT2D eigenvalue weighted by Crippen LogP contribution is 2.32. The van der Waals surface area contributed by atoms with Crippen LogP contribution >= 0.6 is 11.3 Å². The molecule has 0 aliphatic heterocycles. The first kappa shape index (κ1) is 27.9. The molecule has 4 rings (SSSR count). The number of amides is 1. The molecule has 200 valence electrons. The standard InChI is InChI=1S/C29H34N4O3S2/c1-4-6-18-32(19-7-5-2)38(35,36)25-15-13-24(14-16-25)28(34)33(21-23-11-9-17-30-20-23)29-31-27-22(3)10-8-12-26(27)37-29/h8-17,20H,4-7,18-19,21H2,1-3H3.